The molecule has 7 heteroatoms. The number of furan rings is 1. The number of hydrogen-bond acceptors (Lipinski definition) is 4. The van der Waals surface area contributed by atoms with Crippen LogP contribution >= 0.6 is 0 Å². The number of nitrogens with zero attached hydrogens (tertiary/aromatic N) is 2. The first-order chi connectivity index (χ1) is 13.9. The molecule has 0 aliphatic heterocycles. The third-order valence-corrected chi connectivity index (χ3v) is 6.23. The number of amides is 1. The van der Waals surface area contributed by atoms with Crippen molar-refractivity contribution in [3.63, 3.8) is 0 Å². The van der Waals surface area contributed by atoms with Crippen molar-refractivity contribution in [2.24, 2.45) is 0 Å². The molecule has 0 saturated heterocycles. The van der Waals surface area contributed by atoms with E-state index in [4.69, 9.17) is 4.42 Å². The lowest BCUT2D eigenvalue weighted by Crippen LogP contribution is -2.45. The SMILES string of the molecule is CC(C)N(C(=O)CN(Cc1ccco1)S(=O)(=O)c1ccccc1)c1ccccc1. The molecule has 0 N–H and O–H groups in total. The molecule has 0 saturated carbocycles. The van der Waals surface area contributed by atoms with Gasteiger partial charge in [-0.2, -0.15) is 4.31 Å². The lowest BCUT2D eigenvalue weighted by Gasteiger charge is -2.29. The van der Waals surface area contributed by atoms with Crippen molar-refractivity contribution in [3.8, 4) is 0 Å². The lowest BCUT2D eigenvalue weighted by atomic mass is 10.2. The van der Waals surface area contributed by atoms with Gasteiger partial charge in [0.2, 0.25) is 15.9 Å². The number of anilines is 1. The summed E-state index contributed by atoms with van der Waals surface area (Å²) in [4.78, 5) is 14.9. The Kier molecular flexibility index (Phi) is 6.51. The second-order valence-electron chi connectivity index (χ2n) is 6.86. The standard InChI is InChI=1S/C22H24N2O4S/c1-18(2)24(19-10-5-3-6-11-19)22(25)17-23(16-20-12-9-15-28-20)29(26,27)21-13-7-4-8-14-21/h3-15,18H,16-17H2,1-2H3. The van der Waals surface area contributed by atoms with Crippen LogP contribution in [0.2, 0.25) is 0 Å². The van der Waals surface area contributed by atoms with Gasteiger partial charge < -0.3 is 9.32 Å². The summed E-state index contributed by atoms with van der Waals surface area (Å²) in [5, 5.41) is 0. The first-order valence-corrected chi connectivity index (χ1v) is 10.8. The fourth-order valence-electron chi connectivity index (χ4n) is 3.09. The maximum atomic E-state index is 13.2. The molecule has 1 heterocycles. The second-order valence-corrected chi connectivity index (χ2v) is 8.80. The molecule has 0 atom stereocenters. The number of para-hydroxylation sites is 1. The molecule has 0 radical (unpaired) electrons. The van der Waals surface area contributed by atoms with Crippen molar-refractivity contribution in [2.45, 2.75) is 31.3 Å². The van der Waals surface area contributed by atoms with Crippen LogP contribution in [0.4, 0.5) is 5.69 Å². The second kappa shape index (κ2) is 9.07. The van der Waals surface area contributed by atoms with Crippen molar-refractivity contribution in [3.05, 3.63) is 84.8 Å². The number of hydrogen-bond donors (Lipinski definition) is 0. The molecule has 29 heavy (non-hydrogen) atoms. The molecular formula is C22H24N2O4S. The molecule has 0 aliphatic rings. The maximum Gasteiger partial charge on any atom is 0.243 e. The van der Waals surface area contributed by atoms with E-state index in [9.17, 15) is 13.2 Å². The molecule has 2 aromatic carbocycles. The van der Waals surface area contributed by atoms with Gasteiger partial charge in [-0.05, 0) is 50.2 Å². The molecule has 1 aromatic heterocycles. The van der Waals surface area contributed by atoms with Crippen LogP contribution in [0.5, 0.6) is 0 Å². The molecule has 6 nitrogen and oxygen atoms in total. The van der Waals surface area contributed by atoms with Crippen LogP contribution in [0.15, 0.2) is 88.4 Å². The van der Waals surface area contributed by atoms with Crippen LogP contribution in [0, 0.1) is 0 Å². The Hall–Kier alpha value is -2.90. The third kappa shape index (κ3) is 4.93. The monoisotopic (exact) mass is 412 g/mol. The highest BCUT2D eigenvalue weighted by Gasteiger charge is 2.30. The van der Waals surface area contributed by atoms with Gasteiger partial charge in [-0.15, -0.1) is 0 Å². The number of benzene rings is 2. The van der Waals surface area contributed by atoms with E-state index >= 15 is 0 Å². The quantitative estimate of drug-likeness (QED) is 0.562. The topological polar surface area (TPSA) is 70.8 Å². The van der Waals surface area contributed by atoms with E-state index in [2.05, 4.69) is 0 Å². The molecule has 0 spiro atoms. The highest BCUT2D eigenvalue weighted by molar-refractivity contribution is 7.89. The Balaban J connectivity index is 1.93. The minimum atomic E-state index is -3.89. The summed E-state index contributed by atoms with van der Waals surface area (Å²) in [7, 11) is -3.89. The van der Waals surface area contributed by atoms with E-state index in [1.165, 1.54) is 18.4 Å². The molecule has 1 amide bonds. The van der Waals surface area contributed by atoms with Gasteiger partial charge in [0, 0.05) is 11.7 Å². The fourth-order valence-corrected chi connectivity index (χ4v) is 4.47. The molecule has 152 valence electrons. The summed E-state index contributed by atoms with van der Waals surface area (Å²) < 4.78 is 33.0. The van der Waals surface area contributed by atoms with Crippen molar-refractivity contribution < 1.29 is 17.6 Å². The first kappa shape index (κ1) is 20.8. The maximum absolute atomic E-state index is 13.2. The molecular weight excluding hydrogens is 388 g/mol. The van der Waals surface area contributed by atoms with Gasteiger partial charge in [0.25, 0.3) is 0 Å². The molecule has 0 aliphatic carbocycles. The minimum absolute atomic E-state index is 0.0311. The van der Waals surface area contributed by atoms with Crippen LogP contribution in [0.25, 0.3) is 0 Å². The summed E-state index contributed by atoms with van der Waals surface area (Å²) in [6, 6.07) is 20.6. The van der Waals surface area contributed by atoms with Crippen LogP contribution < -0.4 is 4.90 Å². The summed E-state index contributed by atoms with van der Waals surface area (Å²) in [6.07, 6.45) is 1.48. The normalized spacial score (nSPS) is 11.7. The van der Waals surface area contributed by atoms with E-state index in [-0.39, 0.29) is 29.9 Å². The van der Waals surface area contributed by atoms with Gasteiger partial charge in [0.15, 0.2) is 0 Å². The number of carbonyl (C=O) groups excluding carboxylic acids is 1. The Morgan fingerprint density at radius 2 is 1.55 bits per heavy atom. The Labute approximate surface area is 171 Å². The van der Waals surface area contributed by atoms with Gasteiger partial charge in [-0.25, -0.2) is 8.42 Å². The Morgan fingerprint density at radius 3 is 2.10 bits per heavy atom. The largest absolute Gasteiger partial charge is 0.468 e. The van der Waals surface area contributed by atoms with Gasteiger partial charge in [0.05, 0.1) is 24.2 Å². The Morgan fingerprint density at radius 1 is 0.931 bits per heavy atom. The van der Waals surface area contributed by atoms with Crippen LogP contribution in [0.1, 0.15) is 19.6 Å². The van der Waals surface area contributed by atoms with Gasteiger partial charge in [-0.1, -0.05) is 36.4 Å². The fraction of sp³-hybridized carbons (Fsp3) is 0.227. The predicted molar refractivity (Wildman–Crippen MR) is 112 cm³/mol. The number of rotatable bonds is 8. The minimum Gasteiger partial charge on any atom is -0.468 e. The van der Waals surface area contributed by atoms with Crippen molar-refractivity contribution in [1.29, 1.82) is 0 Å². The number of carbonyl (C=O) groups is 1. The van der Waals surface area contributed by atoms with Crippen molar-refractivity contribution in [1.82, 2.24) is 4.31 Å². The summed E-state index contributed by atoms with van der Waals surface area (Å²) in [5.74, 6) is 0.158. The summed E-state index contributed by atoms with van der Waals surface area (Å²) in [6.45, 7) is 3.46. The average Bonchev–Trinajstić information content (AvgIpc) is 3.22. The van der Waals surface area contributed by atoms with E-state index in [1.807, 2.05) is 44.2 Å². The van der Waals surface area contributed by atoms with Crippen LogP contribution in [-0.2, 0) is 21.4 Å². The Bertz CT molecular complexity index is 1020. The first-order valence-electron chi connectivity index (χ1n) is 9.34. The third-order valence-electron chi connectivity index (χ3n) is 4.42. The molecule has 3 rings (SSSR count). The van der Waals surface area contributed by atoms with Crippen LogP contribution in [0.3, 0.4) is 0 Å². The van der Waals surface area contributed by atoms with Crippen LogP contribution in [-0.4, -0.2) is 31.2 Å². The molecule has 0 fully saturated rings. The smallest absolute Gasteiger partial charge is 0.243 e. The van der Waals surface area contributed by atoms with Crippen molar-refractivity contribution >= 4 is 21.6 Å². The predicted octanol–water partition coefficient (Wildman–Crippen LogP) is 3.91. The highest BCUT2D eigenvalue weighted by Crippen LogP contribution is 2.21. The molecule has 0 bridgehead atoms. The van der Waals surface area contributed by atoms with Gasteiger partial charge in [0.1, 0.15) is 5.76 Å². The summed E-state index contributed by atoms with van der Waals surface area (Å²) >= 11 is 0. The average molecular weight is 413 g/mol. The zero-order valence-electron chi connectivity index (χ0n) is 16.4. The van der Waals surface area contributed by atoms with Crippen molar-refractivity contribution in [2.75, 3.05) is 11.4 Å². The van der Waals surface area contributed by atoms with E-state index in [1.54, 1.807) is 35.2 Å². The molecule has 0 unspecified atom stereocenters. The lowest BCUT2D eigenvalue weighted by molar-refractivity contribution is -0.119. The number of sulfonamides is 1. The zero-order chi connectivity index (χ0) is 20.9. The van der Waals surface area contributed by atoms with E-state index in [0.29, 0.717) is 5.76 Å². The van der Waals surface area contributed by atoms with E-state index in [0.717, 1.165) is 9.99 Å². The van der Waals surface area contributed by atoms with Gasteiger partial charge in [-0.3, -0.25) is 4.79 Å². The highest BCUT2D eigenvalue weighted by atomic mass is 32.2. The van der Waals surface area contributed by atoms with E-state index < -0.39 is 10.0 Å². The summed E-state index contributed by atoms with van der Waals surface area (Å²) in [5.41, 5.74) is 0.725. The van der Waals surface area contributed by atoms with Gasteiger partial charge >= 0.3 is 0 Å². The molecule has 3 aromatic rings. The zero-order valence-corrected chi connectivity index (χ0v) is 17.2.